The van der Waals surface area contributed by atoms with Gasteiger partial charge < -0.3 is 23.4 Å². The predicted molar refractivity (Wildman–Crippen MR) is 125 cm³/mol. The number of esters is 2. The van der Waals surface area contributed by atoms with Gasteiger partial charge in [0.05, 0.1) is 13.2 Å². The zero-order chi connectivity index (χ0) is 24.4. The first-order valence-corrected chi connectivity index (χ1v) is 11.2. The van der Waals surface area contributed by atoms with E-state index in [0.717, 1.165) is 25.7 Å². The minimum atomic E-state index is -0.662. The van der Waals surface area contributed by atoms with Gasteiger partial charge in [0.1, 0.15) is 27.5 Å². The largest absolute Gasteiger partial charge is 0.493 e. The normalized spacial score (nSPS) is 13.6. The summed E-state index contributed by atoms with van der Waals surface area (Å²) in [6, 6.07) is 7.73. The van der Waals surface area contributed by atoms with E-state index in [1.165, 1.54) is 26.0 Å². The number of hydrogen-bond donors (Lipinski definition) is 0. The highest BCUT2D eigenvalue weighted by Gasteiger charge is 2.23. The average Bonchev–Trinajstić information content (AvgIpc) is 3.28. The lowest BCUT2D eigenvalue weighted by Crippen LogP contribution is -2.12. The lowest BCUT2D eigenvalue weighted by molar-refractivity contribution is -0.132. The summed E-state index contributed by atoms with van der Waals surface area (Å²) in [7, 11) is 1.55. The van der Waals surface area contributed by atoms with E-state index in [9.17, 15) is 14.4 Å². The maximum Gasteiger partial charge on any atom is 0.308 e. The van der Waals surface area contributed by atoms with Crippen molar-refractivity contribution < 1.29 is 33.0 Å². The van der Waals surface area contributed by atoms with Gasteiger partial charge in [0.15, 0.2) is 17.3 Å². The van der Waals surface area contributed by atoms with Crippen LogP contribution in [0.5, 0.6) is 23.0 Å². The summed E-state index contributed by atoms with van der Waals surface area (Å²) < 4.78 is 27.9. The molecule has 8 nitrogen and oxygen atoms in total. The third-order valence-electron chi connectivity index (χ3n) is 5.41. The van der Waals surface area contributed by atoms with Gasteiger partial charge in [0.2, 0.25) is 5.43 Å². The summed E-state index contributed by atoms with van der Waals surface area (Å²) in [5.41, 5.74) is -0.0733. The number of carbonyl (C=O) groups excluding carboxylic acids is 2. The second kappa shape index (κ2) is 9.77. The fourth-order valence-electron chi connectivity index (χ4n) is 3.98. The van der Waals surface area contributed by atoms with Gasteiger partial charge in [-0.05, 0) is 43.9 Å². The van der Waals surface area contributed by atoms with Gasteiger partial charge in [-0.1, -0.05) is 11.6 Å². The molecule has 1 aliphatic rings. The second-order valence-electron chi connectivity index (χ2n) is 7.95. The van der Waals surface area contributed by atoms with Crippen molar-refractivity contribution in [2.24, 2.45) is 0 Å². The Morgan fingerprint density at radius 1 is 0.971 bits per heavy atom. The number of methoxy groups -OCH3 is 1. The zero-order valence-electron chi connectivity index (χ0n) is 18.9. The Labute approximate surface area is 200 Å². The van der Waals surface area contributed by atoms with Gasteiger partial charge in [0.25, 0.3) is 0 Å². The zero-order valence-corrected chi connectivity index (χ0v) is 19.7. The van der Waals surface area contributed by atoms with E-state index < -0.39 is 17.4 Å². The van der Waals surface area contributed by atoms with Crippen LogP contribution in [0.2, 0.25) is 5.02 Å². The molecule has 0 aliphatic heterocycles. The van der Waals surface area contributed by atoms with E-state index in [1.807, 2.05) is 0 Å². The molecule has 0 unspecified atom stereocenters. The van der Waals surface area contributed by atoms with Gasteiger partial charge in [-0.15, -0.1) is 0 Å². The molecule has 0 amide bonds. The lowest BCUT2D eigenvalue weighted by atomic mass is 10.1. The van der Waals surface area contributed by atoms with Crippen LogP contribution in [0.3, 0.4) is 0 Å². The molecule has 1 fully saturated rings. The molecule has 0 bridgehead atoms. The van der Waals surface area contributed by atoms with E-state index in [0.29, 0.717) is 17.1 Å². The molecule has 3 aromatic rings. The number of hydrogen-bond acceptors (Lipinski definition) is 8. The van der Waals surface area contributed by atoms with Crippen LogP contribution in [-0.4, -0.2) is 25.2 Å². The molecule has 1 aliphatic carbocycles. The molecule has 2 aromatic carbocycles. The van der Waals surface area contributed by atoms with Gasteiger partial charge in [-0.2, -0.15) is 0 Å². The van der Waals surface area contributed by atoms with Crippen molar-refractivity contribution >= 4 is 34.5 Å². The number of halogens is 1. The Hall–Kier alpha value is -3.52. The van der Waals surface area contributed by atoms with E-state index in [4.69, 9.17) is 35.0 Å². The SMILES string of the molecule is COc1ccc(-c2oc3cc(OC(C)=O)cc(OC(C)=O)c3c(=O)c2Cl)cc1OC1CCCC1. The molecule has 0 spiro atoms. The van der Waals surface area contributed by atoms with Crippen molar-refractivity contribution in [2.75, 3.05) is 7.11 Å². The van der Waals surface area contributed by atoms with Crippen LogP contribution in [0.4, 0.5) is 0 Å². The molecule has 0 N–H and O–H groups in total. The van der Waals surface area contributed by atoms with Crippen molar-refractivity contribution in [3.63, 3.8) is 0 Å². The van der Waals surface area contributed by atoms with Crippen LogP contribution >= 0.6 is 11.6 Å². The summed E-state index contributed by atoms with van der Waals surface area (Å²) in [4.78, 5) is 36.3. The first kappa shape index (κ1) is 23.6. The predicted octanol–water partition coefficient (Wildman–Crippen LogP) is 5.29. The Balaban J connectivity index is 1.87. The molecular weight excluding hydrogens is 464 g/mol. The van der Waals surface area contributed by atoms with Crippen molar-refractivity contribution in [1.29, 1.82) is 0 Å². The van der Waals surface area contributed by atoms with E-state index in [2.05, 4.69) is 0 Å². The maximum atomic E-state index is 13.2. The molecule has 1 aromatic heterocycles. The number of carbonyl (C=O) groups is 2. The third-order valence-corrected chi connectivity index (χ3v) is 5.76. The minimum Gasteiger partial charge on any atom is -0.493 e. The van der Waals surface area contributed by atoms with Gasteiger partial charge in [0, 0.05) is 31.5 Å². The molecular formula is C25H23ClO8. The summed E-state index contributed by atoms with van der Waals surface area (Å²) >= 11 is 6.43. The molecule has 34 heavy (non-hydrogen) atoms. The van der Waals surface area contributed by atoms with E-state index in [-0.39, 0.29) is 39.4 Å². The molecule has 0 radical (unpaired) electrons. The minimum absolute atomic E-state index is 0.0356. The van der Waals surface area contributed by atoms with Gasteiger partial charge >= 0.3 is 11.9 Å². The van der Waals surface area contributed by atoms with Crippen LogP contribution < -0.4 is 24.4 Å². The molecule has 178 valence electrons. The van der Waals surface area contributed by atoms with Crippen LogP contribution in [0.25, 0.3) is 22.3 Å². The van der Waals surface area contributed by atoms with Crippen LogP contribution in [-0.2, 0) is 9.59 Å². The molecule has 0 atom stereocenters. The maximum absolute atomic E-state index is 13.2. The Kier molecular flexibility index (Phi) is 6.79. The smallest absolute Gasteiger partial charge is 0.308 e. The summed E-state index contributed by atoms with van der Waals surface area (Å²) in [5.74, 6) is -0.176. The monoisotopic (exact) mass is 486 g/mol. The average molecular weight is 487 g/mol. The topological polar surface area (TPSA) is 101 Å². The highest BCUT2D eigenvalue weighted by Crippen LogP contribution is 2.39. The van der Waals surface area contributed by atoms with Crippen LogP contribution in [0.1, 0.15) is 39.5 Å². The molecule has 1 heterocycles. The van der Waals surface area contributed by atoms with Crippen LogP contribution in [0, 0.1) is 0 Å². The van der Waals surface area contributed by atoms with Crippen molar-refractivity contribution in [2.45, 2.75) is 45.6 Å². The number of ether oxygens (including phenoxy) is 4. The molecule has 1 saturated carbocycles. The fourth-order valence-corrected chi connectivity index (χ4v) is 4.22. The van der Waals surface area contributed by atoms with Crippen molar-refractivity contribution in [3.05, 3.63) is 45.6 Å². The second-order valence-corrected chi connectivity index (χ2v) is 8.32. The summed E-state index contributed by atoms with van der Waals surface area (Å²) in [6.45, 7) is 2.41. The molecule has 0 saturated heterocycles. The lowest BCUT2D eigenvalue weighted by Gasteiger charge is -2.17. The standard InChI is InChI=1S/C25H23ClO8/c1-13(27)31-17-11-20(32-14(2)28)22-21(12-17)34-25(23(26)24(22)29)15-8-9-18(30-3)19(10-15)33-16-6-4-5-7-16/h8-12,16H,4-7H2,1-3H3. The molecule has 9 heteroatoms. The Morgan fingerprint density at radius 2 is 1.68 bits per heavy atom. The van der Waals surface area contributed by atoms with Gasteiger partial charge in [-0.3, -0.25) is 14.4 Å². The number of rotatable bonds is 6. The summed E-state index contributed by atoms with van der Waals surface area (Å²) in [5, 5.41) is -0.242. The number of benzene rings is 2. The molecule has 4 rings (SSSR count). The number of fused-ring (bicyclic) bond motifs is 1. The first-order chi connectivity index (χ1) is 16.3. The fraction of sp³-hybridized carbons (Fsp3) is 0.320. The van der Waals surface area contributed by atoms with Crippen molar-refractivity contribution in [1.82, 2.24) is 0 Å². The third kappa shape index (κ3) is 4.87. The Bertz CT molecular complexity index is 1320. The van der Waals surface area contributed by atoms with Crippen LogP contribution in [0.15, 0.2) is 39.5 Å². The van der Waals surface area contributed by atoms with Gasteiger partial charge in [-0.25, -0.2) is 0 Å². The van der Waals surface area contributed by atoms with E-state index in [1.54, 1.807) is 25.3 Å². The van der Waals surface area contributed by atoms with E-state index >= 15 is 0 Å². The first-order valence-electron chi connectivity index (χ1n) is 10.8. The summed E-state index contributed by atoms with van der Waals surface area (Å²) in [6.07, 6.45) is 4.20. The Morgan fingerprint density at radius 3 is 2.32 bits per heavy atom. The highest BCUT2D eigenvalue weighted by molar-refractivity contribution is 6.33. The quantitative estimate of drug-likeness (QED) is 0.342. The highest BCUT2D eigenvalue weighted by atomic mass is 35.5. The van der Waals surface area contributed by atoms with Crippen molar-refractivity contribution in [3.8, 4) is 34.3 Å².